The van der Waals surface area contributed by atoms with E-state index in [1.807, 2.05) is 24.3 Å². The van der Waals surface area contributed by atoms with Crippen LogP contribution >= 0.6 is 0 Å². The Kier molecular flexibility index (Phi) is 4.33. The van der Waals surface area contributed by atoms with Crippen LogP contribution in [0.2, 0.25) is 0 Å². The van der Waals surface area contributed by atoms with E-state index in [-0.39, 0.29) is 11.7 Å². The summed E-state index contributed by atoms with van der Waals surface area (Å²) in [4.78, 5) is 12.7. The number of halogens is 1. The normalized spacial score (nSPS) is 15.6. The van der Waals surface area contributed by atoms with Gasteiger partial charge in [0.15, 0.2) is 0 Å². The second kappa shape index (κ2) is 6.41. The van der Waals surface area contributed by atoms with Crippen LogP contribution in [0.3, 0.4) is 0 Å². The van der Waals surface area contributed by atoms with Crippen LogP contribution in [0, 0.1) is 5.82 Å². The molecule has 2 aromatic rings. The standard InChI is InChI=1S/C19H20FNO2/c1-23-17-9-3-14(4-10-17)13-21-18(22)19(11-2-12-19)15-5-7-16(20)8-6-15/h3-10H,2,11-13H2,1H3,(H,21,22). The average Bonchev–Trinajstić information content (AvgIpc) is 2.54. The highest BCUT2D eigenvalue weighted by atomic mass is 19.1. The van der Waals surface area contributed by atoms with Gasteiger partial charge >= 0.3 is 0 Å². The molecule has 0 radical (unpaired) electrons. The van der Waals surface area contributed by atoms with Crippen LogP contribution < -0.4 is 10.1 Å². The molecule has 0 saturated heterocycles. The minimum Gasteiger partial charge on any atom is -0.497 e. The van der Waals surface area contributed by atoms with Crippen molar-refractivity contribution >= 4 is 5.91 Å². The van der Waals surface area contributed by atoms with Gasteiger partial charge in [-0.2, -0.15) is 0 Å². The maximum atomic E-state index is 13.1. The third kappa shape index (κ3) is 3.07. The molecule has 120 valence electrons. The lowest BCUT2D eigenvalue weighted by Gasteiger charge is -2.40. The highest BCUT2D eigenvalue weighted by Gasteiger charge is 2.45. The van der Waals surface area contributed by atoms with E-state index in [2.05, 4.69) is 5.32 Å². The van der Waals surface area contributed by atoms with Gasteiger partial charge in [0.05, 0.1) is 12.5 Å². The second-order valence-corrected chi connectivity index (χ2v) is 5.97. The van der Waals surface area contributed by atoms with Crippen molar-refractivity contribution in [1.82, 2.24) is 5.32 Å². The third-order valence-electron chi connectivity index (χ3n) is 4.65. The van der Waals surface area contributed by atoms with Crippen LogP contribution in [0.25, 0.3) is 0 Å². The number of benzene rings is 2. The maximum Gasteiger partial charge on any atom is 0.230 e. The number of nitrogens with one attached hydrogen (secondary N) is 1. The van der Waals surface area contributed by atoms with Crippen molar-refractivity contribution in [3.63, 3.8) is 0 Å². The number of hydrogen-bond acceptors (Lipinski definition) is 2. The molecule has 0 aromatic heterocycles. The Morgan fingerprint density at radius 2 is 1.78 bits per heavy atom. The Labute approximate surface area is 135 Å². The second-order valence-electron chi connectivity index (χ2n) is 5.97. The van der Waals surface area contributed by atoms with E-state index in [1.54, 1.807) is 19.2 Å². The Hall–Kier alpha value is -2.36. The molecule has 2 aromatic carbocycles. The van der Waals surface area contributed by atoms with Gasteiger partial charge in [-0.15, -0.1) is 0 Å². The third-order valence-corrected chi connectivity index (χ3v) is 4.65. The molecule has 0 aliphatic heterocycles. The molecule has 3 rings (SSSR count). The molecule has 0 unspecified atom stereocenters. The molecule has 0 heterocycles. The first-order valence-corrected chi connectivity index (χ1v) is 7.81. The van der Waals surface area contributed by atoms with E-state index in [0.29, 0.717) is 6.54 Å². The van der Waals surface area contributed by atoms with Crippen LogP contribution in [0.1, 0.15) is 30.4 Å². The maximum absolute atomic E-state index is 13.1. The SMILES string of the molecule is COc1ccc(CNC(=O)C2(c3ccc(F)cc3)CCC2)cc1. The number of hydrogen-bond donors (Lipinski definition) is 1. The first-order chi connectivity index (χ1) is 11.1. The van der Waals surface area contributed by atoms with Crippen LogP contribution in [0.5, 0.6) is 5.75 Å². The minimum absolute atomic E-state index is 0.0196. The molecule has 4 heteroatoms. The summed E-state index contributed by atoms with van der Waals surface area (Å²) in [6, 6.07) is 13.9. The van der Waals surface area contributed by atoms with Crippen molar-refractivity contribution in [2.45, 2.75) is 31.2 Å². The van der Waals surface area contributed by atoms with E-state index in [0.717, 1.165) is 36.1 Å². The highest BCUT2D eigenvalue weighted by molar-refractivity contribution is 5.89. The zero-order chi connectivity index (χ0) is 16.3. The fourth-order valence-corrected chi connectivity index (χ4v) is 3.04. The molecule has 1 N–H and O–H groups in total. The van der Waals surface area contributed by atoms with Gasteiger partial charge in [0, 0.05) is 6.54 Å². The van der Waals surface area contributed by atoms with E-state index >= 15 is 0 Å². The van der Waals surface area contributed by atoms with E-state index in [9.17, 15) is 9.18 Å². The molecular formula is C19H20FNO2. The van der Waals surface area contributed by atoms with Crippen molar-refractivity contribution in [1.29, 1.82) is 0 Å². The van der Waals surface area contributed by atoms with Gasteiger partial charge in [-0.25, -0.2) is 4.39 Å². The Morgan fingerprint density at radius 1 is 1.13 bits per heavy atom. The summed E-state index contributed by atoms with van der Waals surface area (Å²) in [5.41, 5.74) is 1.42. The smallest absolute Gasteiger partial charge is 0.230 e. The highest BCUT2D eigenvalue weighted by Crippen LogP contribution is 2.44. The minimum atomic E-state index is -0.500. The molecule has 3 nitrogen and oxygen atoms in total. The van der Waals surface area contributed by atoms with Crippen molar-refractivity contribution < 1.29 is 13.9 Å². The first kappa shape index (κ1) is 15.5. The van der Waals surface area contributed by atoms with Crippen molar-refractivity contribution in [3.8, 4) is 5.75 Å². The van der Waals surface area contributed by atoms with Gasteiger partial charge in [-0.3, -0.25) is 4.79 Å². The summed E-state index contributed by atoms with van der Waals surface area (Å²) in [6.07, 6.45) is 2.65. The summed E-state index contributed by atoms with van der Waals surface area (Å²) in [5, 5.41) is 3.02. The molecule has 0 bridgehead atoms. The molecule has 1 fully saturated rings. The molecule has 1 saturated carbocycles. The lowest BCUT2D eigenvalue weighted by atomic mass is 9.64. The molecular weight excluding hydrogens is 293 g/mol. The number of ether oxygens (including phenoxy) is 1. The largest absolute Gasteiger partial charge is 0.497 e. The number of carbonyl (C=O) groups is 1. The van der Waals surface area contributed by atoms with Crippen LogP contribution in [-0.4, -0.2) is 13.0 Å². The molecule has 1 aliphatic rings. The fraction of sp³-hybridized carbons (Fsp3) is 0.316. The zero-order valence-corrected chi connectivity index (χ0v) is 13.1. The zero-order valence-electron chi connectivity index (χ0n) is 13.1. The lowest BCUT2D eigenvalue weighted by molar-refractivity contribution is -0.130. The van der Waals surface area contributed by atoms with Gasteiger partial charge in [-0.1, -0.05) is 30.7 Å². The average molecular weight is 313 g/mol. The molecule has 1 aliphatic carbocycles. The van der Waals surface area contributed by atoms with Gasteiger partial charge in [0.2, 0.25) is 5.91 Å². The summed E-state index contributed by atoms with van der Waals surface area (Å²) < 4.78 is 18.2. The topological polar surface area (TPSA) is 38.3 Å². The predicted octanol–water partition coefficient (Wildman–Crippen LogP) is 3.57. The molecule has 0 spiro atoms. The van der Waals surface area contributed by atoms with Crippen LogP contribution in [-0.2, 0) is 16.8 Å². The van der Waals surface area contributed by atoms with Crippen molar-refractivity contribution in [3.05, 3.63) is 65.5 Å². The Balaban J connectivity index is 1.69. The monoisotopic (exact) mass is 313 g/mol. The summed E-state index contributed by atoms with van der Waals surface area (Å²) >= 11 is 0. The Bertz CT molecular complexity index is 676. The summed E-state index contributed by atoms with van der Waals surface area (Å²) in [6.45, 7) is 0.478. The molecule has 23 heavy (non-hydrogen) atoms. The van der Waals surface area contributed by atoms with E-state index in [4.69, 9.17) is 4.74 Å². The van der Waals surface area contributed by atoms with Crippen molar-refractivity contribution in [2.75, 3.05) is 7.11 Å². The Morgan fingerprint density at radius 3 is 2.30 bits per heavy atom. The van der Waals surface area contributed by atoms with E-state index in [1.165, 1.54) is 12.1 Å². The van der Waals surface area contributed by atoms with Crippen molar-refractivity contribution in [2.24, 2.45) is 0 Å². The number of rotatable bonds is 5. The predicted molar refractivity (Wildman–Crippen MR) is 86.8 cm³/mol. The fourth-order valence-electron chi connectivity index (χ4n) is 3.04. The molecule has 0 atom stereocenters. The lowest BCUT2D eigenvalue weighted by Crippen LogP contribution is -2.49. The van der Waals surface area contributed by atoms with Crippen LogP contribution in [0.15, 0.2) is 48.5 Å². The summed E-state index contributed by atoms with van der Waals surface area (Å²) in [5.74, 6) is 0.537. The quantitative estimate of drug-likeness (QED) is 0.916. The van der Waals surface area contributed by atoms with Gasteiger partial charge in [0.25, 0.3) is 0 Å². The number of amides is 1. The van der Waals surface area contributed by atoms with E-state index < -0.39 is 5.41 Å². The summed E-state index contributed by atoms with van der Waals surface area (Å²) in [7, 11) is 1.62. The number of methoxy groups -OCH3 is 1. The van der Waals surface area contributed by atoms with Crippen LogP contribution in [0.4, 0.5) is 4.39 Å². The van der Waals surface area contributed by atoms with Gasteiger partial charge in [0.1, 0.15) is 11.6 Å². The number of carbonyl (C=O) groups excluding carboxylic acids is 1. The molecule has 1 amide bonds. The first-order valence-electron chi connectivity index (χ1n) is 7.81. The van der Waals surface area contributed by atoms with Gasteiger partial charge < -0.3 is 10.1 Å². The van der Waals surface area contributed by atoms with Gasteiger partial charge in [-0.05, 0) is 48.2 Å².